The van der Waals surface area contributed by atoms with Crippen molar-refractivity contribution < 1.29 is 16.8 Å². The van der Waals surface area contributed by atoms with E-state index in [2.05, 4.69) is 0 Å². The Balaban J connectivity index is 1.71. The van der Waals surface area contributed by atoms with Crippen LogP contribution < -0.4 is 0 Å². The molecule has 1 aromatic heterocycles. The summed E-state index contributed by atoms with van der Waals surface area (Å²) in [4.78, 5) is 1.01. The van der Waals surface area contributed by atoms with Crippen molar-refractivity contribution in [2.24, 2.45) is 0 Å². The number of nitrogens with zero attached hydrogens (tertiary/aromatic N) is 1. The molecule has 0 bridgehead atoms. The van der Waals surface area contributed by atoms with Gasteiger partial charge in [-0.05, 0) is 29.3 Å². The number of thiophene rings is 1. The summed E-state index contributed by atoms with van der Waals surface area (Å²) in [6.45, 7) is 0.170. The highest BCUT2D eigenvalue weighted by Crippen LogP contribution is 2.34. The van der Waals surface area contributed by atoms with E-state index in [1.807, 2.05) is 35.7 Å². The van der Waals surface area contributed by atoms with Gasteiger partial charge in [0.15, 0.2) is 9.84 Å². The van der Waals surface area contributed by atoms with Crippen LogP contribution in [0.1, 0.15) is 16.5 Å². The van der Waals surface area contributed by atoms with Crippen molar-refractivity contribution in [3.05, 3.63) is 64.9 Å². The van der Waals surface area contributed by atoms with Gasteiger partial charge in [-0.1, -0.05) is 42.5 Å². The lowest BCUT2D eigenvalue weighted by molar-refractivity contribution is 0.429. The van der Waals surface area contributed by atoms with Gasteiger partial charge >= 0.3 is 0 Å². The maximum Gasteiger partial charge on any atom is 0.243 e. The van der Waals surface area contributed by atoms with E-state index in [9.17, 15) is 16.8 Å². The third-order valence-corrected chi connectivity index (χ3v) is 10.1. The Kier molecular flexibility index (Phi) is 4.84. The molecule has 1 aliphatic rings. The first-order valence-corrected chi connectivity index (χ1v) is 12.7. The molecule has 0 radical (unpaired) electrons. The van der Waals surface area contributed by atoms with E-state index in [0.717, 1.165) is 10.3 Å². The molecule has 1 atom stereocenters. The zero-order valence-corrected chi connectivity index (χ0v) is 16.9. The van der Waals surface area contributed by atoms with E-state index in [1.165, 1.54) is 15.6 Å². The summed E-state index contributed by atoms with van der Waals surface area (Å²) in [7, 11) is -7.18. The van der Waals surface area contributed by atoms with Gasteiger partial charge in [0, 0.05) is 23.4 Å². The molecule has 1 saturated heterocycles. The second-order valence-electron chi connectivity index (χ2n) is 6.54. The minimum Gasteiger partial charge on any atom is -0.228 e. The molecule has 2 heterocycles. The predicted octanol–water partition coefficient (Wildman–Crippen LogP) is 3.45. The molecule has 0 amide bonds. The lowest BCUT2D eigenvalue weighted by Crippen LogP contribution is -2.33. The maximum absolute atomic E-state index is 13.3. The number of hydrogen-bond donors (Lipinski definition) is 0. The molecule has 27 heavy (non-hydrogen) atoms. The first-order valence-electron chi connectivity index (χ1n) is 8.62. The van der Waals surface area contributed by atoms with Crippen LogP contribution in [0, 0.1) is 0 Å². The molecule has 0 aliphatic carbocycles. The number of benzene rings is 2. The molecular formula is C19H19NO4S3. The molecule has 0 spiro atoms. The van der Waals surface area contributed by atoms with Crippen molar-refractivity contribution >= 4 is 42.0 Å². The van der Waals surface area contributed by atoms with Crippen LogP contribution in [0.2, 0.25) is 0 Å². The van der Waals surface area contributed by atoms with E-state index >= 15 is 0 Å². The smallest absolute Gasteiger partial charge is 0.228 e. The standard InChI is InChI=1S/C19H19NO4S3/c21-26(22)14-12-20(11-10-19(26)17-8-4-13-25-17)27(23,24)18-9-3-6-15-5-1-2-7-16(15)18/h1-9,13,19H,10-12,14H2. The second-order valence-corrected chi connectivity index (χ2v) is 11.7. The van der Waals surface area contributed by atoms with Gasteiger partial charge in [-0.2, -0.15) is 4.31 Å². The molecule has 2 aromatic carbocycles. The van der Waals surface area contributed by atoms with E-state index in [0.29, 0.717) is 5.39 Å². The zero-order valence-electron chi connectivity index (χ0n) is 14.5. The van der Waals surface area contributed by atoms with Crippen LogP contribution in [-0.4, -0.2) is 40.0 Å². The maximum atomic E-state index is 13.3. The fourth-order valence-electron chi connectivity index (χ4n) is 3.52. The fourth-order valence-corrected chi connectivity index (χ4v) is 8.31. The minimum absolute atomic E-state index is 0.0181. The number of hydrogen-bond acceptors (Lipinski definition) is 5. The Morgan fingerprint density at radius 2 is 1.74 bits per heavy atom. The number of rotatable bonds is 3. The molecule has 1 unspecified atom stereocenters. The fraction of sp³-hybridized carbons (Fsp3) is 0.263. The average Bonchev–Trinajstić information content (AvgIpc) is 3.12. The van der Waals surface area contributed by atoms with E-state index < -0.39 is 25.1 Å². The highest BCUT2D eigenvalue weighted by molar-refractivity contribution is 7.92. The van der Waals surface area contributed by atoms with Crippen LogP contribution in [0.25, 0.3) is 10.8 Å². The molecule has 142 valence electrons. The Morgan fingerprint density at radius 3 is 2.52 bits per heavy atom. The summed E-state index contributed by atoms with van der Waals surface area (Å²) >= 11 is 1.40. The van der Waals surface area contributed by atoms with Crippen LogP contribution in [0.5, 0.6) is 0 Å². The molecule has 4 rings (SSSR count). The molecule has 1 aliphatic heterocycles. The summed E-state index contributed by atoms with van der Waals surface area (Å²) in [5.74, 6) is -0.167. The first-order chi connectivity index (χ1) is 12.9. The largest absolute Gasteiger partial charge is 0.243 e. The SMILES string of the molecule is O=S1(=O)CCN(S(=O)(=O)c2cccc3ccccc23)CCC1c1cccs1. The van der Waals surface area contributed by atoms with Crippen LogP contribution in [-0.2, 0) is 19.9 Å². The summed E-state index contributed by atoms with van der Waals surface area (Å²) in [5, 5.41) is 2.71. The quantitative estimate of drug-likeness (QED) is 0.649. The van der Waals surface area contributed by atoms with E-state index in [-0.39, 0.29) is 30.2 Å². The van der Waals surface area contributed by atoms with Crippen LogP contribution >= 0.6 is 11.3 Å². The van der Waals surface area contributed by atoms with Crippen molar-refractivity contribution in [1.29, 1.82) is 0 Å². The van der Waals surface area contributed by atoms with Gasteiger partial charge in [-0.3, -0.25) is 0 Å². The Labute approximate surface area is 163 Å². The van der Waals surface area contributed by atoms with Gasteiger partial charge in [0.25, 0.3) is 0 Å². The topological polar surface area (TPSA) is 71.5 Å². The third kappa shape index (κ3) is 3.42. The normalized spacial score (nSPS) is 21.1. The number of sulfone groups is 1. The van der Waals surface area contributed by atoms with Gasteiger partial charge in [-0.25, -0.2) is 16.8 Å². The summed E-state index contributed by atoms with van der Waals surface area (Å²) < 4.78 is 53.3. The highest BCUT2D eigenvalue weighted by atomic mass is 32.2. The molecule has 3 aromatic rings. The van der Waals surface area contributed by atoms with Gasteiger partial charge < -0.3 is 0 Å². The van der Waals surface area contributed by atoms with Crippen molar-refractivity contribution in [3.8, 4) is 0 Å². The summed E-state index contributed by atoms with van der Waals surface area (Å²) in [6, 6.07) is 16.1. The predicted molar refractivity (Wildman–Crippen MR) is 108 cm³/mol. The average molecular weight is 422 g/mol. The summed E-state index contributed by atoms with van der Waals surface area (Å²) in [5.41, 5.74) is 0. The van der Waals surface area contributed by atoms with Gasteiger partial charge in [0.1, 0.15) is 0 Å². The Bertz CT molecular complexity index is 1160. The lowest BCUT2D eigenvalue weighted by atomic mass is 10.1. The Hall–Kier alpha value is -1.74. The van der Waals surface area contributed by atoms with Crippen LogP contribution in [0.15, 0.2) is 64.9 Å². The molecule has 8 heteroatoms. The zero-order chi connectivity index (χ0) is 19.1. The second kappa shape index (κ2) is 7.01. The molecule has 1 fully saturated rings. The van der Waals surface area contributed by atoms with Crippen LogP contribution in [0.3, 0.4) is 0 Å². The number of sulfonamides is 1. The minimum atomic E-state index is -3.78. The van der Waals surface area contributed by atoms with E-state index in [4.69, 9.17) is 0 Å². The van der Waals surface area contributed by atoms with Gasteiger partial charge in [-0.15, -0.1) is 11.3 Å². The number of fused-ring (bicyclic) bond motifs is 1. The van der Waals surface area contributed by atoms with Crippen molar-refractivity contribution in [2.45, 2.75) is 16.6 Å². The van der Waals surface area contributed by atoms with Gasteiger partial charge in [0.05, 0.1) is 15.9 Å². The van der Waals surface area contributed by atoms with Crippen molar-refractivity contribution in [1.82, 2.24) is 4.31 Å². The molecule has 0 saturated carbocycles. The molecular weight excluding hydrogens is 402 g/mol. The van der Waals surface area contributed by atoms with Crippen molar-refractivity contribution in [2.75, 3.05) is 18.8 Å². The summed E-state index contributed by atoms with van der Waals surface area (Å²) in [6.07, 6.45) is 0.271. The highest BCUT2D eigenvalue weighted by Gasteiger charge is 2.36. The van der Waals surface area contributed by atoms with Crippen LogP contribution in [0.4, 0.5) is 0 Å². The monoisotopic (exact) mass is 421 g/mol. The van der Waals surface area contributed by atoms with E-state index in [1.54, 1.807) is 24.3 Å². The third-order valence-electron chi connectivity index (χ3n) is 4.93. The first kappa shape index (κ1) is 18.6. The Morgan fingerprint density at radius 1 is 0.963 bits per heavy atom. The molecule has 5 nitrogen and oxygen atoms in total. The lowest BCUT2D eigenvalue weighted by Gasteiger charge is -2.20. The molecule has 0 N–H and O–H groups in total. The van der Waals surface area contributed by atoms with Crippen molar-refractivity contribution in [3.63, 3.8) is 0 Å². The van der Waals surface area contributed by atoms with Gasteiger partial charge in [0.2, 0.25) is 10.0 Å².